The van der Waals surface area contributed by atoms with E-state index in [-0.39, 0.29) is 12.3 Å². The summed E-state index contributed by atoms with van der Waals surface area (Å²) < 4.78 is 10.7. The molecule has 1 fully saturated rings. The summed E-state index contributed by atoms with van der Waals surface area (Å²) in [5, 5.41) is 9.61. The average Bonchev–Trinajstić information content (AvgIpc) is 2.54. The topological polar surface area (TPSA) is 76.1 Å². The van der Waals surface area contributed by atoms with E-state index in [4.69, 9.17) is 9.47 Å². The second-order valence-electron chi connectivity index (χ2n) is 5.48. The Kier molecular flexibility index (Phi) is 5.98. The van der Waals surface area contributed by atoms with Crippen LogP contribution in [0.25, 0.3) is 0 Å². The van der Waals surface area contributed by atoms with Gasteiger partial charge in [-0.05, 0) is 19.4 Å². The number of carboxylic acid groups (broad SMARTS) is 1. The third-order valence-electron chi connectivity index (χ3n) is 4.10. The number of hydrogen-bond donors (Lipinski definition) is 1. The highest BCUT2D eigenvalue weighted by Gasteiger charge is 2.41. The number of aliphatic carboxylic acids is 1. The molecule has 1 N–H and O–H groups in total. The number of rotatable bonds is 7. The monoisotopic (exact) mass is 321 g/mol. The van der Waals surface area contributed by atoms with Crippen LogP contribution in [0.5, 0.6) is 5.75 Å². The van der Waals surface area contributed by atoms with Crippen molar-refractivity contribution in [1.82, 2.24) is 4.90 Å². The molecule has 6 heteroatoms. The maximum atomic E-state index is 12.4. The van der Waals surface area contributed by atoms with Gasteiger partial charge >= 0.3 is 5.97 Å². The Morgan fingerprint density at radius 3 is 2.78 bits per heavy atom. The lowest BCUT2D eigenvalue weighted by atomic mass is 9.84. The van der Waals surface area contributed by atoms with Crippen LogP contribution in [0.15, 0.2) is 24.3 Å². The number of likely N-dealkylation sites (tertiary alicyclic amines) is 1. The van der Waals surface area contributed by atoms with Crippen LogP contribution in [0, 0.1) is 5.92 Å². The number of ether oxygens (including phenoxy) is 2. The second-order valence-corrected chi connectivity index (χ2v) is 5.48. The van der Waals surface area contributed by atoms with Crippen LogP contribution < -0.4 is 4.74 Å². The quantitative estimate of drug-likeness (QED) is 0.832. The SMILES string of the molecule is CCOc1ccccc1[C@H]1[C@H](C(=O)O)CCC(=O)N1CCOC. The van der Waals surface area contributed by atoms with Gasteiger partial charge in [0.05, 0.1) is 25.2 Å². The predicted molar refractivity (Wildman–Crippen MR) is 84.3 cm³/mol. The first-order valence-electron chi connectivity index (χ1n) is 7.83. The number of nitrogens with zero attached hydrogens (tertiary/aromatic N) is 1. The van der Waals surface area contributed by atoms with E-state index < -0.39 is 17.9 Å². The Labute approximate surface area is 136 Å². The molecule has 1 heterocycles. The first-order valence-corrected chi connectivity index (χ1v) is 7.83. The molecule has 0 saturated carbocycles. The molecule has 126 valence electrons. The number of piperidine rings is 1. The smallest absolute Gasteiger partial charge is 0.308 e. The first-order chi connectivity index (χ1) is 11.1. The zero-order valence-corrected chi connectivity index (χ0v) is 13.5. The summed E-state index contributed by atoms with van der Waals surface area (Å²) in [5.41, 5.74) is 0.742. The van der Waals surface area contributed by atoms with E-state index in [1.54, 1.807) is 12.0 Å². The van der Waals surface area contributed by atoms with Crippen LogP contribution >= 0.6 is 0 Å². The number of benzene rings is 1. The van der Waals surface area contributed by atoms with Crippen molar-refractivity contribution in [3.63, 3.8) is 0 Å². The number of carbonyl (C=O) groups is 2. The highest BCUT2D eigenvalue weighted by Crippen LogP contribution is 2.40. The van der Waals surface area contributed by atoms with E-state index >= 15 is 0 Å². The zero-order valence-electron chi connectivity index (χ0n) is 13.5. The largest absolute Gasteiger partial charge is 0.494 e. The number of carbonyl (C=O) groups excluding carboxylic acids is 1. The summed E-state index contributed by atoms with van der Waals surface area (Å²) in [7, 11) is 1.56. The van der Waals surface area contributed by atoms with Gasteiger partial charge < -0.3 is 19.5 Å². The molecule has 0 spiro atoms. The standard InChI is InChI=1S/C17H23NO5/c1-3-23-14-7-5-4-6-12(14)16-13(17(20)21)8-9-15(19)18(16)10-11-22-2/h4-7,13,16H,3,8-11H2,1-2H3,(H,20,21)/t13-,16+/m1/s1. The van der Waals surface area contributed by atoms with Crippen molar-refractivity contribution in [3.8, 4) is 5.75 Å². The van der Waals surface area contributed by atoms with Crippen molar-refractivity contribution >= 4 is 11.9 Å². The van der Waals surface area contributed by atoms with Crippen molar-refractivity contribution in [2.45, 2.75) is 25.8 Å². The molecular weight excluding hydrogens is 298 g/mol. The minimum absolute atomic E-state index is 0.0455. The first kappa shape index (κ1) is 17.3. The normalized spacial score (nSPS) is 21.3. The fraction of sp³-hybridized carbons (Fsp3) is 0.529. The maximum Gasteiger partial charge on any atom is 0.308 e. The molecule has 1 amide bonds. The number of methoxy groups -OCH3 is 1. The maximum absolute atomic E-state index is 12.4. The van der Waals surface area contributed by atoms with Crippen molar-refractivity contribution < 1.29 is 24.2 Å². The number of carboxylic acids is 1. The molecular formula is C17H23NO5. The molecule has 23 heavy (non-hydrogen) atoms. The van der Waals surface area contributed by atoms with Gasteiger partial charge in [0.2, 0.25) is 5.91 Å². The number of hydrogen-bond acceptors (Lipinski definition) is 4. The summed E-state index contributed by atoms with van der Waals surface area (Å²) in [5.74, 6) is -0.957. The summed E-state index contributed by atoms with van der Waals surface area (Å²) in [6.45, 7) is 3.09. The van der Waals surface area contributed by atoms with Gasteiger partial charge in [-0.25, -0.2) is 0 Å². The molecule has 1 aliphatic rings. The van der Waals surface area contributed by atoms with Crippen LogP contribution in [0.4, 0.5) is 0 Å². The summed E-state index contributed by atoms with van der Waals surface area (Å²) in [6.07, 6.45) is 0.580. The Morgan fingerprint density at radius 2 is 2.13 bits per heavy atom. The average molecular weight is 321 g/mol. The van der Waals surface area contributed by atoms with E-state index in [9.17, 15) is 14.7 Å². The lowest BCUT2D eigenvalue weighted by Crippen LogP contribution is -2.46. The summed E-state index contributed by atoms with van der Waals surface area (Å²) in [6, 6.07) is 6.79. The van der Waals surface area contributed by atoms with E-state index in [2.05, 4.69) is 0 Å². The molecule has 1 aromatic carbocycles. The Morgan fingerprint density at radius 1 is 1.39 bits per heavy atom. The van der Waals surface area contributed by atoms with Crippen LogP contribution in [0.1, 0.15) is 31.4 Å². The molecule has 0 aromatic heterocycles. The van der Waals surface area contributed by atoms with Crippen LogP contribution in [-0.4, -0.2) is 48.8 Å². The van der Waals surface area contributed by atoms with Gasteiger partial charge in [0.15, 0.2) is 0 Å². The second kappa shape index (κ2) is 7.97. The van der Waals surface area contributed by atoms with Crippen LogP contribution in [0.2, 0.25) is 0 Å². The van der Waals surface area contributed by atoms with Crippen LogP contribution in [0.3, 0.4) is 0 Å². The molecule has 6 nitrogen and oxygen atoms in total. The Bertz CT molecular complexity index is 560. The Hall–Kier alpha value is -2.08. The van der Waals surface area contributed by atoms with Crippen LogP contribution in [-0.2, 0) is 14.3 Å². The molecule has 1 saturated heterocycles. The molecule has 2 rings (SSSR count). The Balaban J connectivity index is 2.44. The molecule has 1 aliphatic heterocycles. The minimum atomic E-state index is -0.892. The zero-order chi connectivity index (χ0) is 16.8. The van der Waals surface area contributed by atoms with Gasteiger partial charge in [0, 0.05) is 25.6 Å². The lowest BCUT2D eigenvalue weighted by Gasteiger charge is -2.40. The van der Waals surface area contributed by atoms with Gasteiger partial charge in [-0.1, -0.05) is 18.2 Å². The van der Waals surface area contributed by atoms with Gasteiger partial charge in [-0.15, -0.1) is 0 Å². The molecule has 0 unspecified atom stereocenters. The minimum Gasteiger partial charge on any atom is -0.494 e. The van der Waals surface area contributed by atoms with Crippen molar-refractivity contribution in [1.29, 1.82) is 0 Å². The molecule has 0 bridgehead atoms. The van der Waals surface area contributed by atoms with E-state index in [1.807, 2.05) is 31.2 Å². The fourth-order valence-electron chi connectivity index (χ4n) is 3.06. The van der Waals surface area contributed by atoms with E-state index in [0.717, 1.165) is 5.56 Å². The highest BCUT2D eigenvalue weighted by molar-refractivity contribution is 5.82. The van der Waals surface area contributed by atoms with Gasteiger partial charge in [-0.3, -0.25) is 9.59 Å². The third kappa shape index (κ3) is 3.82. The van der Waals surface area contributed by atoms with Gasteiger partial charge in [0.1, 0.15) is 5.75 Å². The van der Waals surface area contributed by atoms with Crippen molar-refractivity contribution in [2.24, 2.45) is 5.92 Å². The molecule has 1 aromatic rings. The van der Waals surface area contributed by atoms with E-state index in [1.165, 1.54) is 0 Å². The van der Waals surface area contributed by atoms with Crippen molar-refractivity contribution in [3.05, 3.63) is 29.8 Å². The molecule has 2 atom stereocenters. The predicted octanol–water partition coefficient (Wildman–Crippen LogP) is 2.10. The number of para-hydroxylation sites is 1. The summed E-state index contributed by atoms with van der Waals surface area (Å²) >= 11 is 0. The van der Waals surface area contributed by atoms with E-state index in [0.29, 0.717) is 31.9 Å². The molecule has 0 aliphatic carbocycles. The number of amides is 1. The lowest BCUT2D eigenvalue weighted by molar-refractivity contribution is -0.152. The summed E-state index contributed by atoms with van der Waals surface area (Å²) in [4.78, 5) is 25.7. The fourth-order valence-corrected chi connectivity index (χ4v) is 3.06. The van der Waals surface area contributed by atoms with Gasteiger partial charge in [0.25, 0.3) is 0 Å². The third-order valence-corrected chi connectivity index (χ3v) is 4.10. The molecule has 0 radical (unpaired) electrons. The highest BCUT2D eigenvalue weighted by atomic mass is 16.5. The van der Waals surface area contributed by atoms with Crippen molar-refractivity contribution in [2.75, 3.05) is 26.9 Å². The van der Waals surface area contributed by atoms with Gasteiger partial charge in [-0.2, -0.15) is 0 Å².